The number of pyridine rings is 1. The Bertz CT molecular complexity index is 827. The Balaban J connectivity index is 1.59. The summed E-state index contributed by atoms with van der Waals surface area (Å²) in [6, 6.07) is 6.68. The lowest BCUT2D eigenvalue weighted by Crippen LogP contribution is -2.30. The van der Waals surface area contributed by atoms with Gasteiger partial charge in [0.15, 0.2) is 0 Å². The maximum Gasteiger partial charge on any atom is 0.250 e. The monoisotopic (exact) mass is 346 g/mol. The van der Waals surface area contributed by atoms with E-state index in [1.807, 2.05) is 0 Å². The summed E-state index contributed by atoms with van der Waals surface area (Å²) in [5.74, 6) is -0.942. The van der Waals surface area contributed by atoms with Gasteiger partial charge < -0.3 is 9.47 Å². The molecule has 0 aliphatic carbocycles. The number of hydrogen-bond donors (Lipinski definition) is 0. The minimum absolute atomic E-state index is 0.00608. The van der Waals surface area contributed by atoms with Gasteiger partial charge in [-0.1, -0.05) is 6.07 Å². The number of benzene rings is 1. The zero-order chi connectivity index (χ0) is 18.0. The molecule has 0 bridgehead atoms. The van der Waals surface area contributed by atoms with Crippen molar-refractivity contribution in [3.05, 3.63) is 69.6 Å². The summed E-state index contributed by atoms with van der Waals surface area (Å²) in [4.78, 5) is 25.6. The number of halogens is 2. The lowest BCUT2D eigenvalue weighted by Gasteiger charge is -2.17. The second-order valence-corrected chi connectivity index (χ2v) is 6.64. The molecule has 1 atom stereocenters. The second kappa shape index (κ2) is 7.17. The molecule has 6 heteroatoms. The standard InChI is InChI=1S/C19H20F2N2O2/c1-22-11-13(2-3-18(22)24)9-19(25)23-5-4-14(12-23)6-15-7-16(20)10-17(21)8-15/h2-3,7-8,10-11,14H,4-6,9,12H2,1H3. The Morgan fingerprint density at radius 3 is 2.56 bits per heavy atom. The van der Waals surface area contributed by atoms with E-state index in [0.717, 1.165) is 18.1 Å². The topological polar surface area (TPSA) is 42.3 Å². The summed E-state index contributed by atoms with van der Waals surface area (Å²) >= 11 is 0. The van der Waals surface area contributed by atoms with Crippen LogP contribution in [0.3, 0.4) is 0 Å². The first kappa shape index (κ1) is 17.3. The molecule has 0 saturated carbocycles. The van der Waals surface area contributed by atoms with Gasteiger partial charge in [-0.05, 0) is 42.0 Å². The largest absolute Gasteiger partial charge is 0.342 e. The highest BCUT2D eigenvalue weighted by atomic mass is 19.1. The first-order chi connectivity index (χ1) is 11.9. The molecule has 0 radical (unpaired) electrons. The predicted octanol–water partition coefficient (Wildman–Crippen LogP) is 2.30. The average molecular weight is 346 g/mol. The van der Waals surface area contributed by atoms with Crippen molar-refractivity contribution in [3.63, 3.8) is 0 Å². The first-order valence-corrected chi connectivity index (χ1v) is 8.29. The van der Waals surface area contributed by atoms with E-state index < -0.39 is 11.6 Å². The van der Waals surface area contributed by atoms with Gasteiger partial charge in [0.05, 0.1) is 6.42 Å². The molecule has 1 saturated heterocycles. The molecule has 1 fully saturated rings. The van der Waals surface area contributed by atoms with Crippen LogP contribution in [0, 0.1) is 17.6 Å². The zero-order valence-electron chi connectivity index (χ0n) is 14.0. The molecule has 132 valence electrons. The SMILES string of the molecule is Cn1cc(CC(=O)N2CCC(Cc3cc(F)cc(F)c3)C2)ccc1=O. The number of aromatic nitrogens is 1. The lowest BCUT2D eigenvalue weighted by molar-refractivity contribution is -0.129. The van der Waals surface area contributed by atoms with Crippen LogP contribution in [0.2, 0.25) is 0 Å². The molecule has 3 rings (SSSR count). The van der Waals surface area contributed by atoms with Gasteiger partial charge in [-0.3, -0.25) is 9.59 Å². The number of likely N-dealkylation sites (tertiary alicyclic amines) is 1. The maximum atomic E-state index is 13.3. The molecule has 25 heavy (non-hydrogen) atoms. The van der Waals surface area contributed by atoms with Gasteiger partial charge in [0.25, 0.3) is 0 Å². The number of rotatable bonds is 4. The molecule has 1 aliphatic heterocycles. The third-order valence-corrected chi connectivity index (χ3v) is 4.59. The summed E-state index contributed by atoms with van der Waals surface area (Å²) < 4.78 is 28.0. The molecule has 2 aromatic rings. The van der Waals surface area contributed by atoms with Crippen LogP contribution in [0.15, 0.2) is 41.3 Å². The van der Waals surface area contributed by atoms with Gasteiger partial charge in [-0.2, -0.15) is 0 Å². The van der Waals surface area contributed by atoms with E-state index in [2.05, 4.69) is 0 Å². The molecular formula is C19H20F2N2O2. The van der Waals surface area contributed by atoms with E-state index in [4.69, 9.17) is 0 Å². The Morgan fingerprint density at radius 1 is 1.16 bits per heavy atom. The molecule has 4 nitrogen and oxygen atoms in total. The maximum absolute atomic E-state index is 13.3. The summed E-state index contributed by atoms with van der Waals surface area (Å²) in [7, 11) is 1.65. The van der Waals surface area contributed by atoms with E-state index in [0.29, 0.717) is 25.1 Å². The number of amides is 1. The van der Waals surface area contributed by atoms with Crippen LogP contribution < -0.4 is 5.56 Å². The van der Waals surface area contributed by atoms with Crippen molar-refractivity contribution in [3.8, 4) is 0 Å². The average Bonchev–Trinajstić information content (AvgIpc) is 2.98. The summed E-state index contributed by atoms with van der Waals surface area (Å²) in [5, 5.41) is 0. The predicted molar refractivity (Wildman–Crippen MR) is 90.1 cm³/mol. The van der Waals surface area contributed by atoms with Gasteiger partial charge in [0.1, 0.15) is 11.6 Å². The van der Waals surface area contributed by atoms with Crippen LogP contribution in [-0.4, -0.2) is 28.5 Å². The molecule has 1 amide bonds. The second-order valence-electron chi connectivity index (χ2n) is 6.64. The van der Waals surface area contributed by atoms with Crippen molar-refractivity contribution < 1.29 is 13.6 Å². The summed E-state index contributed by atoms with van der Waals surface area (Å²) in [6.45, 7) is 1.23. The number of nitrogens with zero attached hydrogens (tertiary/aromatic N) is 2. The van der Waals surface area contributed by atoms with Crippen molar-refractivity contribution in [2.45, 2.75) is 19.3 Å². The van der Waals surface area contributed by atoms with Gasteiger partial charge >= 0.3 is 0 Å². The fourth-order valence-electron chi connectivity index (χ4n) is 3.33. The normalized spacial score (nSPS) is 17.1. The Hall–Kier alpha value is -2.50. The van der Waals surface area contributed by atoms with Crippen molar-refractivity contribution in [1.82, 2.24) is 9.47 Å². The van der Waals surface area contributed by atoms with E-state index in [1.54, 1.807) is 24.2 Å². The molecule has 1 unspecified atom stereocenters. The van der Waals surface area contributed by atoms with Gasteiger partial charge in [-0.25, -0.2) is 8.78 Å². The third kappa shape index (κ3) is 4.32. The summed E-state index contributed by atoms with van der Waals surface area (Å²) in [6.07, 6.45) is 3.29. The lowest BCUT2D eigenvalue weighted by atomic mass is 9.98. The van der Waals surface area contributed by atoms with Crippen LogP contribution >= 0.6 is 0 Å². The van der Waals surface area contributed by atoms with Crippen molar-refractivity contribution >= 4 is 5.91 Å². The minimum Gasteiger partial charge on any atom is -0.342 e. The highest BCUT2D eigenvalue weighted by molar-refractivity contribution is 5.79. The molecule has 1 aromatic heterocycles. The molecule has 1 aliphatic rings. The van der Waals surface area contributed by atoms with Crippen LogP contribution in [0.25, 0.3) is 0 Å². The fraction of sp³-hybridized carbons (Fsp3) is 0.368. The van der Waals surface area contributed by atoms with Crippen molar-refractivity contribution in [2.75, 3.05) is 13.1 Å². The number of carbonyl (C=O) groups excluding carboxylic acids is 1. The van der Waals surface area contributed by atoms with Gasteiger partial charge in [0.2, 0.25) is 11.5 Å². The van der Waals surface area contributed by atoms with E-state index in [9.17, 15) is 18.4 Å². The zero-order valence-corrected chi connectivity index (χ0v) is 14.0. The number of hydrogen-bond acceptors (Lipinski definition) is 2. The highest BCUT2D eigenvalue weighted by Gasteiger charge is 2.26. The molecule has 1 aromatic carbocycles. The van der Waals surface area contributed by atoms with E-state index in [-0.39, 0.29) is 23.8 Å². The van der Waals surface area contributed by atoms with Crippen LogP contribution in [0.5, 0.6) is 0 Å². The molecule has 2 heterocycles. The van der Waals surface area contributed by atoms with Crippen molar-refractivity contribution in [2.24, 2.45) is 13.0 Å². The third-order valence-electron chi connectivity index (χ3n) is 4.59. The molecule has 0 N–H and O–H groups in total. The number of carbonyl (C=O) groups is 1. The summed E-state index contributed by atoms with van der Waals surface area (Å²) in [5.41, 5.74) is 1.30. The van der Waals surface area contributed by atoms with Gasteiger partial charge in [0, 0.05) is 38.5 Å². The Morgan fingerprint density at radius 2 is 1.88 bits per heavy atom. The smallest absolute Gasteiger partial charge is 0.250 e. The molecule has 0 spiro atoms. The first-order valence-electron chi connectivity index (χ1n) is 8.29. The highest BCUT2D eigenvalue weighted by Crippen LogP contribution is 2.22. The van der Waals surface area contributed by atoms with Gasteiger partial charge in [-0.15, -0.1) is 0 Å². The van der Waals surface area contributed by atoms with Crippen molar-refractivity contribution in [1.29, 1.82) is 0 Å². The molecular weight excluding hydrogens is 326 g/mol. The van der Waals surface area contributed by atoms with Crippen LogP contribution in [0.4, 0.5) is 8.78 Å². The minimum atomic E-state index is -0.574. The number of aryl methyl sites for hydroxylation is 1. The fourth-order valence-corrected chi connectivity index (χ4v) is 3.33. The quantitative estimate of drug-likeness (QED) is 0.853. The van der Waals surface area contributed by atoms with Crippen LogP contribution in [-0.2, 0) is 24.7 Å². The van der Waals surface area contributed by atoms with E-state index in [1.165, 1.54) is 22.8 Å². The van der Waals surface area contributed by atoms with Crippen LogP contribution in [0.1, 0.15) is 17.5 Å². The van der Waals surface area contributed by atoms with E-state index >= 15 is 0 Å². The Labute approximate surface area is 144 Å². The Kier molecular flexibility index (Phi) is 4.97.